The van der Waals surface area contributed by atoms with Crippen molar-refractivity contribution in [2.75, 3.05) is 14.2 Å². The number of ether oxygens (including phenoxy) is 1. The van der Waals surface area contributed by atoms with E-state index < -0.39 is 17.7 Å². The van der Waals surface area contributed by atoms with Gasteiger partial charge in [0.2, 0.25) is 5.91 Å². The summed E-state index contributed by atoms with van der Waals surface area (Å²) in [4.78, 5) is 23.9. The Labute approximate surface area is 160 Å². The number of hydrogen-bond donors (Lipinski definition) is 1. The van der Waals surface area contributed by atoms with Crippen molar-refractivity contribution in [2.45, 2.75) is 26.1 Å². The third kappa shape index (κ3) is 5.03. The fourth-order valence-corrected chi connectivity index (χ4v) is 2.78. The molecule has 28 heavy (non-hydrogen) atoms. The molecule has 0 atom stereocenters. The number of alkyl halides is 3. The van der Waals surface area contributed by atoms with Gasteiger partial charge >= 0.3 is 12.1 Å². The van der Waals surface area contributed by atoms with Crippen LogP contribution in [0.15, 0.2) is 36.4 Å². The lowest BCUT2D eigenvalue weighted by molar-refractivity contribution is -0.138. The second-order valence-corrected chi connectivity index (χ2v) is 6.35. The molecular formula is C20H20F3NO4. The maximum absolute atomic E-state index is 13.2. The maximum Gasteiger partial charge on any atom is 0.416 e. The zero-order valence-corrected chi connectivity index (χ0v) is 15.6. The molecule has 0 heterocycles. The van der Waals surface area contributed by atoms with Gasteiger partial charge < -0.3 is 14.7 Å². The monoisotopic (exact) mass is 395 g/mol. The standard InChI is InChI=1S/C20H20F3NO4/c1-12(25)24(2)11-14-10-15(20(21,22)23)5-6-16(14)17-8-13(9-19(26)27)4-7-18(17)28-3/h4-8,10H,9,11H2,1-3H3,(H,26,27). The van der Waals surface area contributed by atoms with E-state index in [4.69, 9.17) is 9.84 Å². The van der Waals surface area contributed by atoms with Gasteiger partial charge in [0.1, 0.15) is 5.75 Å². The minimum Gasteiger partial charge on any atom is -0.496 e. The van der Waals surface area contributed by atoms with E-state index in [9.17, 15) is 22.8 Å². The molecule has 8 heteroatoms. The van der Waals surface area contributed by atoms with Crippen molar-refractivity contribution in [3.05, 3.63) is 53.1 Å². The first-order valence-corrected chi connectivity index (χ1v) is 8.33. The summed E-state index contributed by atoms with van der Waals surface area (Å²) in [6.07, 6.45) is -4.77. The van der Waals surface area contributed by atoms with Gasteiger partial charge in [0, 0.05) is 26.1 Å². The Morgan fingerprint density at radius 1 is 1.11 bits per heavy atom. The lowest BCUT2D eigenvalue weighted by atomic mass is 9.94. The predicted molar refractivity (Wildman–Crippen MR) is 96.9 cm³/mol. The number of carbonyl (C=O) groups excluding carboxylic acids is 1. The molecule has 0 aromatic heterocycles. The van der Waals surface area contributed by atoms with E-state index in [-0.39, 0.29) is 24.4 Å². The number of rotatable bonds is 6. The van der Waals surface area contributed by atoms with Crippen LogP contribution in [0.4, 0.5) is 13.2 Å². The molecule has 0 aliphatic rings. The number of nitrogens with zero attached hydrogens (tertiary/aromatic N) is 1. The molecule has 150 valence electrons. The van der Waals surface area contributed by atoms with Crippen LogP contribution in [-0.4, -0.2) is 36.0 Å². The highest BCUT2D eigenvalue weighted by atomic mass is 19.4. The van der Waals surface area contributed by atoms with Gasteiger partial charge in [-0.15, -0.1) is 0 Å². The first-order chi connectivity index (χ1) is 13.0. The molecule has 0 saturated heterocycles. The molecule has 0 radical (unpaired) electrons. The zero-order chi connectivity index (χ0) is 21.1. The second-order valence-electron chi connectivity index (χ2n) is 6.35. The van der Waals surface area contributed by atoms with Crippen LogP contribution in [0.1, 0.15) is 23.6 Å². The van der Waals surface area contributed by atoms with Crippen LogP contribution in [0.3, 0.4) is 0 Å². The summed E-state index contributed by atoms with van der Waals surface area (Å²) in [5, 5.41) is 9.02. The Kier molecular flexibility index (Phi) is 6.33. The third-order valence-corrected chi connectivity index (χ3v) is 4.29. The Morgan fingerprint density at radius 3 is 2.32 bits per heavy atom. The van der Waals surface area contributed by atoms with Crippen LogP contribution >= 0.6 is 0 Å². The van der Waals surface area contributed by atoms with Crippen molar-refractivity contribution in [3.8, 4) is 16.9 Å². The normalized spacial score (nSPS) is 11.2. The van der Waals surface area contributed by atoms with Gasteiger partial charge in [-0.1, -0.05) is 12.1 Å². The number of hydrogen-bond acceptors (Lipinski definition) is 3. The molecule has 2 rings (SSSR count). The Hall–Kier alpha value is -3.03. The lowest BCUT2D eigenvalue weighted by Crippen LogP contribution is -2.23. The van der Waals surface area contributed by atoms with Crippen LogP contribution in [-0.2, 0) is 28.7 Å². The Bertz CT molecular complexity index is 894. The van der Waals surface area contributed by atoms with Crippen molar-refractivity contribution in [3.63, 3.8) is 0 Å². The van der Waals surface area contributed by atoms with E-state index in [1.165, 1.54) is 32.0 Å². The predicted octanol–water partition coefficient (Wildman–Crippen LogP) is 3.99. The van der Waals surface area contributed by atoms with Crippen molar-refractivity contribution >= 4 is 11.9 Å². The van der Waals surface area contributed by atoms with E-state index in [1.807, 2.05) is 0 Å². The van der Waals surface area contributed by atoms with E-state index in [0.29, 0.717) is 22.4 Å². The molecule has 5 nitrogen and oxygen atoms in total. The van der Waals surface area contributed by atoms with Gasteiger partial charge in [0.05, 0.1) is 19.1 Å². The van der Waals surface area contributed by atoms with Crippen molar-refractivity contribution < 1.29 is 32.6 Å². The third-order valence-electron chi connectivity index (χ3n) is 4.29. The smallest absolute Gasteiger partial charge is 0.416 e. The highest BCUT2D eigenvalue weighted by Crippen LogP contribution is 2.37. The summed E-state index contributed by atoms with van der Waals surface area (Å²) in [7, 11) is 2.91. The molecular weight excluding hydrogens is 375 g/mol. The van der Waals surface area contributed by atoms with Gasteiger partial charge in [0.25, 0.3) is 0 Å². The Balaban J connectivity index is 2.65. The minimum atomic E-state index is -4.53. The van der Waals surface area contributed by atoms with Crippen molar-refractivity contribution in [2.24, 2.45) is 0 Å². The number of methoxy groups -OCH3 is 1. The summed E-state index contributed by atoms with van der Waals surface area (Å²) in [6.45, 7) is 1.28. The maximum atomic E-state index is 13.2. The average Bonchev–Trinajstić information content (AvgIpc) is 2.60. The second kappa shape index (κ2) is 8.33. The summed E-state index contributed by atoms with van der Waals surface area (Å²) < 4.78 is 44.9. The highest BCUT2D eigenvalue weighted by Gasteiger charge is 2.31. The van der Waals surface area contributed by atoms with Crippen LogP contribution in [0.25, 0.3) is 11.1 Å². The number of amides is 1. The topological polar surface area (TPSA) is 66.8 Å². The zero-order valence-electron chi connectivity index (χ0n) is 15.6. The molecule has 0 saturated carbocycles. The molecule has 1 amide bonds. The number of aliphatic carboxylic acids is 1. The van der Waals surface area contributed by atoms with Gasteiger partial charge in [-0.25, -0.2) is 0 Å². The van der Waals surface area contributed by atoms with E-state index in [1.54, 1.807) is 18.2 Å². The van der Waals surface area contributed by atoms with E-state index in [2.05, 4.69) is 0 Å². The number of benzene rings is 2. The molecule has 1 N–H and O–H groups in total. The lowest BCUT2D eigenvalue weighted by Gasteiger charge is -2.21. The van der Waals surface area contributed by atoms with E-state index in [0.717, 1.165) is 12.1 Å². The molecule has 2 aromatic carbocycles. The number of carboxylic acids is 1. The van der Waals surface area contributed by atoms with Crippen molar-refractivity contribution in [1.82, 2.24) is 4.90 Å². The molecule has 0 spiro atoms. The molecule has 2 aromatic rings. The van der Waals surface area contributed by atoms with Crippen LogP contribution in [0, 0.1) is 0 Å². The first kappa shape index (κ1) is 21.3. The largest absolute Gasteiger partial charge is 0.496 e. The van der Waals surface area contributed by atoms with Crippen molar-refractivity contribution in [1.29, 1.82) is 0 Å². The molecule has 0 aliphatic heterocycles. The number of carboxylic acid groups (broad SMARTS) is 1. The van der Waals surface area contributed by atoms with Gasteiger partial charge in [-0.05, 0) is 41.0 Å². The minimum absolute atomic E-state index is 0.0408. The van der Waals surface area contributed by atoms with Crippen LogP contribution < -0.4 is 4.74 Å². The highest BCUT2D eigenvalue weighted by molar-refractivity contribution is 5.78. The van der Waals surface area contributed by atoms with E-state index >= 15 is 0 Å². The van der Waals surface area contributed by atoms with Crippen LogP contribution in [0.2, 0.25) is 0 Å². The summed E-state index contributed by atoms with van der Waals surface area (Å²) in [5.41, 5.74) is 0.823. The average molecular weight is 395 g/mol. The number of halogens is 3. The molecule has 0 unspecified atom stereocenters. The van der Waals surface area contributed by atoms with Gasteiger partial charge in [-0.2, -0.15) is 13.2 Å². The van der Waals surface area contributed by atoms with Gasteiger partial charge in [-0.3, -0.25) is 9.59 Å². The number of carbonyl (C=O) groups is 2. The Morgan fingerprint density at radius 2 is 1.79 bits per heavy atom. The summed E-state index contributed by atoms with van der Waals surface area (Å²) in [6, 6.07) is 8.00. The summed E-state index contributed by atoms with van der Waals surface area (Å²) >= 11 is 0. The fourth-order valence-electron chi connectivity index (χ4n) is 2.78. The molecule has 0 bridgehead atoms. The van der Waals surface area contributed by atoms with Gasteiger partial charge in [0.15, 0.2) is 0 Å². The fraction of sp³-hybridized carbons (Fsp3) is 0.300. The quantitative estimate of drug-likeness (QED) is 0.803. The summed E-state index contributed by atoms with van der Waals surface area (Å²) in [5.74, 6) is -0.935. The molecule has 0 aliphatic carbocycles. The van der Waals surface area contributed by atoms with Crippen LogP contribution in [0.5, 0.6) is 5.75 Å². The first-order valence-electron chi connectivity index (χ1n) is 8.33. The SMILES string of the molecule is COc1ccc(CC(=O)O)cc1-c1ccc(C(F)(F)F)cc1CN(C)C(C)=O. The molecule has 0 fully saturated rings.